The topological polar surface area (TPSA) is 67.9 Å². The molecule has 1 saturated heterocycles. The summed E-state index contributed by atoms with van der Waals surface area (Å²) >= 11 is 0. The van der Waals surface area contributed by atoms with Crippen LogP contribution in [-0.2, 0) is 4.79 Å². The minimum Gasteiger partial charge on any atom is -0.497 e. The van der Waals surface area contributed by atoms with Crippen LogP contribution in [0, 0.1) is 13.8 Å². The molecule has 2 amide bonds. The van der Waals surface area contributed by atoms with E-state index in [1.165, 1.54) is 5.56 Å². The molecule has 2 aromatic carbocycles. The molecule has 0 spiro atoms. The fourth-order valence-corrected chi connectivity index (χ4v) is 3.36. The molecule has 2 aromatic rings. The Bertz CT molecular complexity index is 856. The number of hydrogen-bond acceptors (Lipinski definition) is 4. The molecule has 3 rings (SSSR count). The number of nitrogens with one attached hydrogen (secondary N) is 1. The molecule has 29 heavy (non-hydrogen) atoms. The Morgan fingerprint density at radius 2 is 1.66 bits per heavy atom. The summed E-state index contributed by atoms with van der Waals surface area (Å²) in [4.78, 5) is 26.7. The summed E-state index contributed by atoms with van der Waals surface area (Å²) in [5.74, 6) is 1.30. The van der Waals surface area contributed by atoms with E-state index in [0.717, 1.165) is 24.2 Å². The van der Waals surface area contributed by atoms with Crippen LogP contribution in [0.2, 0.25) is 0 Å². The van der Waals surface area contributed by atoms with Crippen LogP contribution in [0.1, 0.15) is 34.3 Å². The molecule has 0 aliphatic carbocycles. The predicted octanol–water partition coefficient (Wildman–Crippen LogP) is 3.11. The number of ether oxygens (including phenoxy) is 2. The SMILES string of the molecule is COc1ccc(C(=O)N2CCC(NC(=O)COc3ccc(C)c(C)c3)CC2)cc1. The molecule has 1 fully saturated rings. The first-order valence-electron chi connectivity index (χ1n) is 9.89. The first-order chi connectivity index (χ1) is 14.0. The third kappa shape index (κ3) is 5.50. The van der Waals surface area contributed by atoms with E-state index in [1.54, 1.807) is 31.4 Å². The molecule has 1 aliphatic heterocycles. The van der Waals surface area contributed by atoms with Gasteiger partial charge in [0.1, 0.15) is 11.5 Å². The van der Waals surface area contributed by atoms with Gasteiger partial charge in [-0.1, -0.05) is 6.07 Å². The lowest BCUT2D eigenvalue weighted by atomic mass is 10.0. The largest absolute Gasteiger partial charge is 0.497 e. The predicted molar refractivity (Wildman–Crippen MR) is 111 cm³/mol. The fourth-order valence-electron chi connectivity index (χ4n) is 3.36. The van der Waals surface area contributed by atoms with Gasteiger partial charge in [0.2, 0.25) is 0 Å². The average molecular weight is 396 g/mol. The first-order valence-corrected chi connectivity index (χ1v) is 9.89. The smallest absolute Gasteiger partial charge is 0.258 e. The van der Waals surface area contributed by atoms with E-state index in [4.69, 9.17) is 9.47 Å². The van der Waals surface area contributed by atoms with Gasteiger partial charge in [0.15, 0.2) is 6.61 Å². The molecule has 6 heteroatoms. The number of carbonyl (C=O) groups is 2. The molecule has 1 heterocycles. The highest BCUT2D eigenvalue weighted by Gasteiger charge is 2.24. The minimum absolute atomic E-state index is 0.00645. The molecule has 1 N–H and O–H groups in total. The van der Waals surface area contributed by atoms with Crippen molar-refractivity contribution in [3.8, 4) is 11.5 Å². The highest BCUT2D eigenvalue weighted by Crippen LogP contribution is 2.18. The van der Waals surface area contributed by atoms with Crippen molar-refractivity contribution in [2.75, 3.05) is 26.8 Å². The van der Waals surface area contributed by atoms with Crippen LogP contribution in [0.5, 0.6) is 11.5 Å². The zero-order chi connectivity index (χ0) is 20.8. The number of amides is 2. The summed E-state index contributed by atoms with van der Waals surface area (Å²) < 4.78 is 10.7. The molecule has 0 bridgehead atoms. The van der Waals surface area contributed by atoms with Crippen LogP contribution in [0.3, 0.4) is 0 Å². The second-order valence-electron chi connectivity index (χ2n) is 7.40. The van der Waals surface area contributed by atoms with Gasteiger partial charge in [-0.05, 0) is 74.2 Å². The molecular weight excluding hydrogens is 368 g/mol. The lowest BCUT2D eigenvalue weighted by Gasteiger charge is -2.32. The molecule has 0 radical (unpaired) electrons. The zero-order valence-electron chi connectivity index (χ0n) is 17.2. The highest BCUT2D eigenvalue weighted by molar-refractivity contribution is 5.94. The lowest BCUT2D eigenvalue weighted by Crippen LogP contribution is -2.47. The molecule has 0 aromatic heterocycles. The normalized spacial score (nSPS) is 14.4. The maximum atomic E-state index is 12.6. The Morgan fingerprint density at radius 3 is 2.28 bits per heavy atom. The van der Waals surface area contributed by atoms with E-state index in [9.17, 15) is 9.59 Å². The summed E-state index contributed by atoms with van der Waals surface area (Å²) in [6.45, 7) is 5.29. The van der Waals surface area contributed by atoms with E-state index in [-0.39, 0.29) is 24.5 Å². The maximum Gasteiger partial charge on any atom is 0.258 e. The molecule has 1 aliphatic rings. The summed E-state index contributed by atoms with van der Waals surface area (Å²) in [5, 5.41) is 3.01. The molecule has 154 valence electrons. The van der Waals surface area contributed by atoms with Crippen molar-refractivity contribution in [3.05, 3.63) is 59.2 Å². The Labute approximate surface area is 171 Å². The summed E-state index contributed by atoms with van der Waals surface area (Å²) in [7, 11) is 1.60. The quantitative estimate of drug-likeness (QED) is 0.815. The van der Waals surface area contributed by atoms with E-state index in [2.05, 4.69) is 5.32 Å². The third-order valence-corrected chi connectivity index (χ3v) is 5.33. The second kappa shape index (κ2) is 9.45. The van der Waals surface area contributed by atoms with E-state index in [0.29, 0.717) is 24.4 Å². The second-order valence-corrected chi connectivity index (χ2v) is 7.40. The summed E-state index contributed by atoms with van der Waals surface area (Å²) in [6.07, 6.45) is 1.47. The number of nitrogens with zero attached hydrogens (tertiary/aromatic N) is 1. The molecular formula is C23H28N2O4. The minimum atomic E-state index is -0.136. The van der Waals surface area contributed by atoms with Gasteiger partial charge in [-0.2, -0.15) is 0 Å². The van der Waals surface area contributed by atoms with Gasteiger partial charge in [-0.25, -0.2) is 0 Å². The number of carbonyl (C=O) groups excluding carboxylic acids is 2. The number of benzene rings is 2. The first kappa shape index (κ1) is 20.7. The zero-order valence-corrected chi connectivity index (χ0v) is 17.2. The van der Waals surface area contributed by atoms with Crippen molar-refractivity contribution < 1.29 is 19.1 Å². The Hall–Kier alpha value is -3.02. The molecule has 0 atom stereocenters. The van der Waals surface area contributed by atoms with Crippen molar-refractivity contribution in [1.82, 2.24) is 10.2 Å². The van der Waals surface area contributed by atoms with E-state index in [1.807, 2.05) is 36.9 Å². The standard InChI is InChI=1S/C23H28N2O4/c1-16-4-7-21(14-17(16)2)29-15-22(26)24-19-10-12-25(13-11-19)23(27)18-5-8-20(28-3)9-6-18/h4-9,14,19H,10-13,15H2,1-3H3,(H,24,26). The summed E-state index contributed by atoms with van der Waals surface area (Å²) in [5.41, 5.74) is 2.98. The van der Waals surface area contributed by atoms with Gasteiger partial charge in [-0.15, -0.1) is 0 Å². The number of piperidine rings is 1. The Kier molecular flexibility index (Phi) is 6.75. The van der Waals surface area contributed by atoms with Gasteiger partial charge >= 0.3 is 0 Å². The Balaban J connectivity index is 1.43. The number of hydrogen-bond donors (Lipinski definition) is 1. The van der Waals surface area contributed by atoms with E-state index < -0.39 is 0 Å². The van der Waals surface area contributed by atoms with Crippen LogP contribution in [0.25, 0.3) is 0 Å². The number of rotatable bonds is 6. The number of likely N-dealkylation sites (tertiary alicyclic amines) is 1. The van der Waals surface area contributed by atoms with E-state index >= 15 is 0 Å². The number of methoxy groups -OCH3 is 1. The van der Waals surface area contributed by atoms with Crippen LogP contribution in [0.4, 0.5) is 0 Å². The van der Waals surface area contributed by atoms with Crippen molar-refractivity contribution in [3.63, 3.8) is 0 Å². The van der Waals surface area contributed by atoms with Crippen molar-refractivity contribution in [2.45, 2.75) is 32.7 Å². The lowest BCUT2D eigenvalue weighted by molar-refractivity contribution is -0.124. The van der Waals surface area contributed by atoms with Gasteiger partial charge in [0.05, 0.1) is 7.11 Å². The summed E-state index contributed by atoms with van der Waals surface area (Å²) in [6, 6.07) is 13.0. The average Bonchev–Trinajstić information content (AvgIpc) is 2.74. The molecule has 0 saturated carbocycles. The van der Waals surface area contributed by atoms with Crippen LogP contribution in [0.15, 0.2) is 42.5 Å². The van der Waals surface area contributed by atoms with Gasteiger partial charge in [0.25, 0.3) is 11.8 Å². The van der Waals surface area contributed by atoms with Gasteiger partial charge in [-0.3, -0.25) is 9.59 Å². The van der Waals surface area contributed by atoms with Gasteiger partial charge in [0, 0.05) is 24.7 Å². The van der Waals surface area contributed by atoms with Crippen molar-refractivity contribution >= 4 is 11.8 Å². The van der Waals surface area contributed by atoms with Crippen molar-refractivity contribution in [1.29, 1.82) is 0 Å². The maximum absolute atomic E-state index is 12.6. The monoisotopic (exact) mass is 396 g/mol. The van der Waals surface area contributed by atoms with Gasteiger partial charge < -0.3 is 19.7 Å². The Morgan fingerprint density at radius 1 is 1.00 bits per heavy atom. The third-order valence-electron chi connectivity index (χ3n) is 5.33. The van der Waals surface area contributed by atoms with Crippen molar-refractivity contribution in [2.24, 2.45) is 0 Å². The number of aryl methyl sites for hydroxylation is 2. The highest BCUT2D eigenvalue weighted by atomic mass is 16.5. The molecule has 6 nitrogen and oxygen atoms in total. The molecule has 0 unspecified atom stereocenters. The van der Waals surface area contributed by atoms with Crippen LogP contribution < -0.4 is 14.8 Å². The van der Waals surface area contributed by atoms with Crippen LogP contribution >= 0.6 is 0 Å². The van der Waals surface area contributed by atoms with Crippen LogP contribution in [-0.4, -0.2) is 49.6 Å². The fraction of sp³-hybridized carbons (Fsp3) is 0.391.